The van der Waals surface area contributed by atoms with Crippen molar-refractivity contribution in [1.29, 1.82) is 0 Å². The van der Waals surface area contributed by atoms with E-state index in [-0.39, 0.29) is 0 Å². The first-order chi connectivity index (χ1) is 10.5. The Hall–Kier alpha value is -1.46. The second kappa shape index (κ2) is 6.34. The lowest BCUT2D eigenvalue weighted by molar-refractivity contribution is 0.328. The molecule has 0 amide bonds. The average Bonchev–Trinajstić information content (AvgIpc) is 3.09. The van der Waals surface area contributed by atoms with E-state index in [0.717, 1.165) is 25.3 Å². The first-order valence-corrected chi connectivity index (χ1v) is 8.68. The number of thiazole rings is 1. The summed E-state index contributed by atoms with van der Waals surface area (Å²) in [6.45, 7) is 7.46. The average molecular weight is 316 g/mol. The topological polar surface area (TPSA) is 32.3 Å². The molecule has 0 aliphatic carbocycles. The zero-order chi connectivity index (χ0) is 15.7. The van der Waals surface area contributed by atoms with Crippen molar-refractivity contribution in [2.24, 2.45) is 0 Å². The molecule has 4 nitrogen and oxygen atoms in total. The van der Waals surface area contributed by atoms with Crippen LogP contribution in [0.15, 0.2) is 17.6 Å². The molecule has 3 heterocycles. The van der Waals surface area contributed by atoms with E-state index < -0.39 is 0 Å². The predicted molar refractivity (Wildman–Crippen MR) is 92.8 cm³/mol. The number of hydrogen-bond acceptors (Lipinski definition) is 5. The van der Waals surface area contributed by atoms with Crippen LogP contribution in [0.5, 0.6) is 0 Å². The van der Waals surface area contributed by atoms with Crippen LogP contribution in [0.3, 0.4) is 0 Å². The molecule has 1 atom stereocenters. The number of hydrogen-bond donors (Lipinski definition) is 0. The molecule has 0 spiro atoms. The van der Waals surface area contributed by atoms with E-state index >= 15 is 0 Å². The highest BCUT2D eigenvalue weighted by Crippen LogP contribution is 2.30. The molecule has 1 saturated heterocycles. The summed E-state index contributed by atoms with van der Waals surface area (Å²) < 4.78 is 0. The highest BCUT2D eigenvalue weighted by Gasteiger charge is 2.26. The van der Waals surface area contributed by atoms with Gasteiger partial charge in [0.15, 0.2) is 0 Å². The molecule has 118 valence electrons. The lowest BCUT2D eigenvalue weighted by Crippen LogP contribution is -2.20. The molecule has 22 heavy (non-hydrogen) atoms. The van der Waals surface area contributed by atoms with Gasteiger partial charge in [0.05, 0.1) is 11.2 Å². The summed E-state index contributed by atoms with van der Waals surface area (Å²) in [4.78, 5) is 15.2. The van der Waals surface area contributed by atoms with E-state index in [2.05, 4.69) is 54.9 Å². The van der Waals surface area contributed by atoms with Crippen molar-refractivity contribution >= 4 is 17.0 Å². The Morgan fingerprint density at radius 3 is 2.82 bits per heavy atom. The zero-order valence-electron chi connectivity index (χ0n) is 13.8. The molecule has 2 aromatic rings. The fraction of sp³-hybridized carbons (Fsp3) is 0.529. The van der Waals surface area contributed by atoms with Gasteiger partial charge in [0.25, 0.3) is 0 Å². The van der Waals surface area contributed by atoms with Crippen molar-refractivity contribution in [3.05, 3.63) is 39.6 Å². The van der Waals surface area contributed by atoms with Crippen LogP contribution in [0, 0.1) is 13.8 Å². The fourth-order valence-corrected chi connectivity index (χ4v) is 3.86. The lowest BCUT2D eigenvalue weighted by Gasteiger charge is -2.18. The first-order valence-electron chi connectivity index (χ1n) is 7.80. The van der Waals surface area contributed by atoms with Gasteiger partial charge in [0.1, 0.15) is 0 Å². The summed E-state index contributed by atoms with van der Waals surface area (Å²) in [6.07, 6.45) is 1.20. The Bertz CT molecular complexity index is 650. The summed E-state index contributed by atoms with van der Waals surface area (Å²) >= 11 is 1.77. The molecule has 3 rings (SSSR count). The van der Waals surface area contributed by atoms with Crippen LogP contribution < -0.4 is 4.90 Å². The third kappa shape index (κ3) is 3.31. The highest BCUT2D eigenvalue weighted by molar-refractivity contribution is 7.09. The Labute approximate surface area is 136 Å². The van der Waals surface area contributed by atoms with Crippen molar-refractivity contribution in [3.8, 4) is 0 Å². The maximum Gasteiger partial charge on any atom is 0.0798 e. The second-order valence-electron chi connectivity index (χ2n) is 6.37. The van der Waals surface area contributed by atoms with Gasteiger partial charge >= 0.3 is 0 Å². The predicted octanol–water partition coefficient (Wildman–Crippen LogP) is 3.21. The molecule has 0 saturated carbocycles. The number of aromatic nitrogens is 2. The van der Waals surface area contributed by atoms with Crippen molar-refractivity contribution in [2.45, 2.75) is 32.7 Å². The van der Waals surface area contributed by atoms with Gasteiger partial charge in [0.2, 0.25) is 0 Å². The third-order valence-electron chi connectivity index (χ3n) is 4.38. The standard InChI is InChI=1S/C17H24N4S/c1-12-7-15(20(3)4)8-16(19-12)14-5-6-21(9-14)10-17-13(2)18-11-22-17/h7-8,11,14H,5-6,9-10H2,1-4H3. The van der Waals surface area contributed by atoms with Crippen LogP contribution in [0.25, 0.3) is 0 Å². The maximum atomic E-state index is 4.78. The van der Waals surface area contributed by atoms with Crippen LogP contribution in [-0.4, -0.2) is 42.1 Å². The lowest BCUT2D eigenvalue weighted by atomic mass is 10.0. The summed E-state index contributed by atoms with van der Waals surface area (Å²) in [5, 5.41) is 0. The molecule has 0 radical (unpaired) electrons. The van der Waals surface area contributed by atoms with E-state index in [1.165, 1.54) is 28.4 Å². The molecule has 2 aromatic heterocycles. The summed E-state index contributed by atoms with van der Waals surface area (Å²) in [6, 6.07) is 4.40. The van der Waals surface area contributed by atoms with Gasteiger partial charge in [-0.05, 0) is 38.9 Å². The van der Waals surface area contributed by atoms with E-state index in [4.69, 9.17) is 4.98 Å². The fourth-order valence-electron chi connectivity index (χ4n) is 3.04. The Morgan fingerprint density at radius 2 is 2.14 bits per heavy atom. The van der Waals surface area contributed by atoms with Gasteiger partial charge in [0, 0.05) is 55.1 Å². The molecule has 5 heteroatoms. The van der Waals surface area contributed by atoms with Gasteiger partial charge in [-0.15, -0.1) is 11.3 Å². The van der Waals surface area contributed by atoms with Gasteiger partial charge < -0.3 is 4.90 Å². The van der Waals surface area contributed by atoms with Crippen molar-refractivity contribution in [2.75, 3.05) is 32.1 Å². The number of likely N-dealkylation sites (tertiary alicyclic amines) is 1. The minimum atomic E-state index is 0.548. The Morgan fingerprint density at radius 1 is 1.32 bits per heavy atom. The minimum Gasteiger partial charge on any atom is -0.378 e. The van der Waals surface area contributed by atoms with Gasteiger partial charge in [-0.3, -0.25) is 9.88 Å². The molecule has 1 unspecified atom stereocenters. The molecule has 0 N–H and O–H groups in total. The molecule has 0 aromatic carbocycles. The zero-order valence-corrected chi connectivity index (χ0v) is 14.7. The minimum absolute atomic E-state index is 0.548. The van der Waals surface area contributed by atoms with Crippen LogP contribution >= 0.6 is 11.3 Å². The van der Waals surface area contributed by atoms with Crippen molar-refractivity contribution in [1.82, 2.24) is 14.9 Å². The van der Waals surface area contributed by atoms with Crippen LogP contribution in [-0.2, 0) is 6.54 Å². The molecular formula is C17H24N4S. The van der Waals surface area contributed by atoms with Crippen molar-refractivity contribution in [3.63, 3.8) is 0 Å². The van der Waals surface area contributed by atoms with Crippen LogP contribution in [0.1, 0.15) is 34.3 Å². The number of nitrogens with zero attached hydrogens (tertiary/aromatic N) is 4. The summed E-state index contributed by atoms with van der Waals surface area (Å²) in [7, 11) is 4.18. The normalized spacial score (nSPS) is 18.8. The molecule has 1 fully saturated rings. The van der Waals surface area contributed by atoms with E-state index in [9.17, 15) is 0 Å². The summed E-state index contributed by atoms with van der Waals surface area (Å²) in [5.74, 6) is 0.548. The maximum absolute atomic E-state index is 4.78. The van der Waals surface area contributed by atoms with E-state index in [1.54, 1.807) is 11.3 Å². The molecule has 0 bridgehead atoms. The highest BCUT2D eigenvalue weighted by atomic mass is 32.1. The second-order valence-corrected chi connectivity index (χ2v) is 7.31. The van der Waals surface area contributed by atoms with Crippen molar-refractivity contribution < 1.29 is 0 Å². The van der Waals surface area contributed by atoms with Crippen LogP contribution in [0.2, 0.25) is 0 Å². The van der Waals surface area contributed by atoms with Gasteiger partial charge in [-0.1, -0.05) is 0 Å². The number of anilines is 1. The number of pyridine rings is 1. The Balaban J connectivity index is 1.71. The Kier molecular flexibility index (Phi) is 4.45. The molecule has 1 aliphatic heterocycles. The van der Waals surface area contributed by atoms with Gasteiger partial charge in [-0.2, -0.15) is 0 Å². The van der Waals surface area contributed by atoms with E-state index in [1.807, 2.05) is 5.51 Å². The van der Waals surface area contributed by atoms with Gasteiger partial charge in [-0.25, -0.2) is 4.98 Å². The quantitative estimate of drug-likeness (QED) is 0.867. The monoisotopic (exact) mass is 316 g/mol. The SMILES string of the molecule is Cc1cc(N(C)C)cc(C2CCN(Cc3scnc3C)C2)n1. The largest absolute Gasteiger partial charge is 0.378 e. The smallest absolute Gasteiger partial charge is 0.0798 e. The molecule has 1 aliphatic rings. The van der Waals surface area contributed by atoms with Crippen LogP contribution in [0.4, 0.5) is 5.69 Å². The number of rotatable bonds is 4. The molecular weight excluding hydrogens is 292 g/mol. The van der Waals surface area contributed by atoms with E-state index in [0.29, 0.717) is 5.92 Å². The third-order valence-corrected chi connectivity index (χ3v) is 5.30. The number of aryl methyl sites for hydroxylation is 2. The summed E-state index contributed by atoms with van der Waals surface area (Å²) in [5.41, 5.74) is 6.73. The first kappa shape index (κ1) is 15.4.